The number of amidine groups is 1. The number of nitrogens with two attached hydrogens (primary N) is 1. The lowest BCUT2D eigenvalue weighted by molar-refractivity contribution is -0.384. The number of non-ortho nitro benzene ring substituents is 1. The molecule has 2 aromatic carbocycles. The summed E-state index contributed by atoms with van der Waals surface area (Å²) in [4.78, 5) is 29.4. The molecule has 0 radical (unpaired) electrons. The zero-order chi connectivity index (χ0) is 19.2. The number of benzene rings is 2. The molecular formula is C19H20N4O4. The Hall–Kier alpha value is -3.42. The average Bonchev–Trinajstić information content (AvgIpc) is 3.10. The summed E-state index contributed by atoms with van der Waals surface area (Å²) in [5.74, 6) is -0.00188. The van der Waals surface area contributed by atoms with Crippen molar-refractivity contribution in [1.29, 1.82) is 0 Å². The van der Waals surface area contributed by atoms with E-state index in [4.69, 9.17) is 10.6 Å². The van der Waals surface area contributed by atoms with Crippen LogP contribution in [0.3, 0.4) is 0 Å². The molecular weight excluding hydrogens is 348 g/mol. The Bertz CT molecular complexity index is 867. The fourth-order valence-corrected chi connectivity index (χ4v) is 2.95. The molecule has 27 heavy (non-hydrogen) atoms. The van der Waals surface area contributed by atoms with Gasteiger partial charge < -0.3 is 15.5 Å². The Balaban J connectivity index is 1.53. The van der Waals surface area contributed by atoms with Crippen LogP contribution in [0.25, 0.3) is 0 Å². The van der Waals surface area contributed by atoms with Gasteiger partial charge in [-0.2, -0.15) is 0 Å². The maximum Gasteiger partial charge on any atom is 0.271 e. The number of fused-ring (bicyclic) bond motifs is 1. The third-order valence-electron chi connectivity index (χ3n) is 4.36. The molecule has 1 aliphatic heterocycles. The van der Waals surface area contributed by atoms with E-state index < -0.39 is 4.92 Å². The molecule has 1 amide bonds. The summed E-state index contributed by atoms with van der Waals surface area (Å²) in [6, 6.07) is 14.4. The lowest BCUT2D eigenvalue weighted by atomic mass is 10.1. The van der Waals surface area contributed by atoms with Crippen molar-refractivity contribution in [3.05, 3.63) is 69.8 Å². The Morgan fingerprint density at radius 1 is 1.26 bits per heavy atom. The van der Waals surface area contributed by atoms with Crippen molar-refractivity contribution in [3.63, 3.8) is 0 Å². The second-order valence-corrected chi connectivity index (χ2v) is 6.21. The highest BCUT2D eigenvalue weighted by Gasteiger charge is 2.27. The van der Waals surface area contributed by atoms with Crippen molar-refractivity contribution in [2.75, 3.05) is 18.1 Å². The molecule has 0 atom stereocenters. The zero-order valence-electron chi connectivity index (χ0n) is 14.7. The quantitative estimate of drug-likeness (QED) is 0.349. The minimum absolute atomic E-state index is 0.0439. The Morgan fingerprint density at radius 2 is 2.04 bits per heavy atom. The minimum atomic E-state index is -0.477. The molecule has 0 aliphatic carbocycles. The number of carbonyl (C=O) groups is 1. The normalized spacial score (nSPS) is 13.3. The third kappa shape index (κ3) is 4.60. The van der Waals surface area contributed by atoms with Crippen molar-refractivity contribution in [3.8, 4) is 0 Å². The van der Waals surface area contributed by atoms with Crippen LogP contribution in [0.5, 0.6) is 0 Å². The van der Waals surface area contributed by atoms with E-state index in [1.807, 2.05) is 30.3 Å². The number of hydrogen-bond donors (Lipinski definition) is 1. The second kappa shape index (κ2) is 8.31. The van der Waals surface area contributed by atoms with Crippen molar-refractivity contribution >= 4 is 23.1 Å². The van der Waals surface area contributed by atoms with Gasteiger partial charge in [-0.1, -0.05) is 41.6 Å². The van der Waals surface area contributed by atoms with Crippen molar-refractivity contribution in [1.82, 2.24) is 0 Å². The molecule has 8 heteroatoms. The lowest BCUT2D eigenvalue weighted by Crippen LogP contribution is -2.32. The third-order valence-corrected chi connectivity index (χ3v) is 4.36. The van der Waals surface area contributed by atoms with Crippen LogP contribution in [0.4, 0.5) is 11.4 Å². The number of nitrogens with zero attached hydrogens (tertiary/aromatic N) is 3. The molecule has 8 nitrogen and oxygen atoms in total. The van der Waals surface area contributed by atoms with E-state index in [9.17, 15) is 14.9 Å². The maximum atomic E-state index is 12.4. The van der Waals surface area contributed by atoms with Gasteiger partial charge in [0.05, 0.1) is 10.6 Å². The molecule has 1 aliphatic rings. The van der Waals surface area contributed by atoms with E-state index in [0.29, 0.717) is 30.9 Å². The predicted molar refractivity (Wildman–Crippen MR) is 101 cm³/mol. The van der Waals surface area contributed by atoms with Crippen LogP contribution in [0, 0.1) is 10.1 Å². The van der Waals surface area contributed by atoms with Crippen LogP contribution in [-0.2, 0) is 22.5 Å². The lowest BCUT2D eigenvalue weighted by Gasteiger charge is -2.16. The average molecular weight is 368 g/mol. The number of oxime groups is 1. The largest absolute Gasteiger partial charge is 0.384 e. The van der Waals surface area contributed by atoms with Gasteiger partial charge in [-0.15, -0.1) is 0 Å². The number of carbonyl (C=O) groups excluding carboxylic acids is 1. The van der Waals surface area contributed by atoms with Crippen LogP contribution in [-0.4, -0.2) is 29.8 Å². The first kappa shape index (κ1) is 18.4. The van der Waals surface area contributed by atoms with Gasteiger partial charge in [0, 0.05) is 25.1 Å². The van der Waals surface area contributed by atoms with E-state index in [-0.39, 0.29) is 18.2 Å². The molecule has 3 rings (SSSR count). The molecule has 2 aromatic rings. The molecule has 0 fully saturated rings. The monoisotopic (exact) mass is 368 g/mol. The van der Waals surface area contributed by atoms with Crippen LogP contribution < -0.4 is 10.6 Å². The Kier molecular flexibility index (Phi) is 5.65. The highest BCUT2D eigenvalue weighted by Crippen LogP contribution is 2.31. The number of amides is 1. The molecule has 0 spiro atoms. The summed E-state index contributed by atoms with van der Waals surface area (Å²) in [5.41, 5.74) is 8.37. The number of rotatable bonds is 7. The molecule has 0 aromatic heterocycles. The van der Waals surface area contributed by atoms with E-state index in [2.05, 4.69) is 5.16 Å². The molecule has 0 saturated carbocycles. The minimum Gasteiger partial charge on any atom is -0.384 e. The number of anilines is 1. The van der Waals surface area contributed by atoms with E-state index in [1.54, 1.807) is 6.07 Å². The fourth-order valence-electron chi connectivity index (χ4n) is 2.95. The first-order valence-corrected chi connectivity index (χ1v) is 8.60. The summed E-state index contributed by atoms with van der Waals surface area (Å²) < 4.78 is 0. The predicted octanol–water partition coefficient (Wildman–Crippen LogP) is 2.41. The number of hydrogen-bond acceptors (Lipinski definition) is 5. The van der Waals surface area contributed by atoms with Gasteiger partial charge in [-0.05, 0) is 24.0 Å². The molecule has 140 valence electrons. The van der Waals surface area contributed by atoms with Crippen molar-refractivity contribution in [2.24, 2.45) is 10.9 Å². The topological polar surface area (TPSA) is 111 Å². The van der Waals surface area contributed by atoms with Gasteiger partial charge in [0.25, 0.3) is 11.6 Å². The van der Waals surface area contributed by atoms with Gasteiger partial charge in [-0.3, -0.25) is 14.9 Å². The van der Waals surface area contributed by atoms with Gasteiger partial charge in [0.15, 0.2) is 6.61 Å². The van der Waals surface area contributed by atoms with E-state index >= 15 is 0 Å². The fraction of sp³-hybridized carbons (Fsp3) is 0.263. The summed E-state index contributed by atoms with van der Waals surface area (Å²) >= 11 is 0. The number of nitro groups is 1. The van der Waals surface area contributed by atoms with Gasteiger partial charge in [0.2, 0.25) is 0 Å². The molecule has 2 N–H and O–H groups in total. The molecule has 0 saturated heterocycles. The molecule has 0 bridgehead atoms. The first-order valence-electron chi connectivity index (χ1n) is 8.60. The number of nitro benzene ring substituents is 1. The molecule has 1 heterocycles. The van der Waals surface area contributed by atoms with Gasteiger partial charge in [0.1, 0.15) is 5.84 Å². The SMILES string of the molecule is N/C(CCc1ccccc1)=N\OCC(=O)N1CCc2ccc([N+](=O)[O-])cc21. The summed E-state index contributed by atoms with van der Waals surface area (Å²) in [6.07, 6.45) is 1.91. The standard InChI is InChI=1S/C19H20N4O4/c20-18(9-6-14-4-2-1-3-5-14)21-27-13-19(24)22-11-10-15-7-8-16(23(25)26)12-17(15)22/h1-5,7-8,12H,6,9-11,13H2,(H2,20,21). The Morgan fingerprint density at radius 3 is 2.78 bits per heavy atom. The molecule has 0 unspecified atom stereocenters. The first-order chi connectivity index (χ1) is 13.0. The highest BCUT2D eigenvalue weighted by atomic mass is 16.6. The van der Waals surface area contributed by atoms with Crippen molar-refractivity contribution < 1.29 is 14.6 Å². The number of aryl methyl sites for hydroxylation is 1. The second-order valence-electron chi connectivity index (χ2n) is 6.21. The zero-order valence-corrected chi connectivity index (χ0v) is 14.7. The van der Waals surface area contributed by atoms with Gasteiger partial charge in [-0.25, -0.2) is 0 Å². The summed E-state index contributed by atoms with van der Waals surface area (Å²) in [6.45, 7) is 0.195. The van der Waals surface area contributed by atoms with Crippen LogP contribution in [0.1, 0.15) is 17.5 Å². The van der Waals surface area contributed by atoms with E-state index in [0.717, 1.165) is 17.5 Å². The van der Waals surface area contributed by atoms with E-state index in [1.165, 1.54) is 17.0 Å². The maximum absolute atomic E-state index is 12.4. The summed E-state index contributed by atoms with van der Waals surface area (Å²) in [7, 11) is 0. The van der Waals surface area contributed by atoms with Crippen LogP contribution >= 0.6 is 0 Å². The highest BCUT2D eigenvalue weighted by molar-refractivity contribution is 5.96. The summed E-state index contributed by atoms with van der Waals surface area (Å²) in [5, 5.41) is 14.7. The van der Waals surface area contributed by atoms with Gasteiger partial charge >= 0.3 is 0 Å². The van der Waals surface area contributed by atoms with Crippen LogP contribution in [0.15, 0.2) is 53.7 Å². The Labute approximate surface area is 156 Å². The van der Waals surface area contributed by atoms with Crippen molar-refractivity contribution in [2.45, 2.75) is 19.3 Å². The smallest absolute Gasteiger partial charge is 0.271 e. The van der Waals surface area contributed by atoms with Crippen LogP contribution in [0.2, 0.25) is 0 Å².